The molecule has 0 aromatic heterocycles. The van der Waals surface area contributed by atoms with Crippen molar-refractivity contribution in [1.82, 2.24) is 0 Å². The van der Waals surface area contributed by atoms with Crippen molar-refractivity contribution < 1.29 is 92.4 Å². The summed E-state index contributed by atoms with van der Waals surface area (Å²) in [5.74, 6) is -0.859. The summed E-state index contributed by atoms with van der Waals surface area (Å²) >= 11 is 0. The third-order valence-corrected chi connectivity index (χ3v) is 10.0. The molecule has 3 heterocycles. The first kappa shape index (κ1) is 46.8. The number of methoxy groups -OCH3 is 2. The number of hydrogen-bond donors (Lipinski definition) is 6. The largest absolute Gasteiger partial charge is 0.497 e. The van der Waals surface area contributed by atoms with Crippen molar-refractivity contribution in [2.24, 2.45) is 0 Å². The molecule has 57 heavy (non-hydrogen) atoms. The fourth-order valence-corrected chi connectivity index (χ4v) is 6.50. The van der Waals surface area contributed by atoms with Crippen molar-refractivity contribution in [3.8, 4) is 5.75 Å². The van der Waals surface area contributed by atoms with Crippen molar-refractivity contribution in [2.45, 2.75) is 158 Å². The summed E-state index contributed by atoms with van der Waals surface area (Å²) < 4.78 is 58.6. The molecule has 0 spiro atoms. The SMILES string of the molecule is COC(=O)CCCCCO[C@@H]1O[C@H](CO[C@H]2O[C@@H](C)[C@@H](O)[C@@H](O)[C@@H]2O)[C@H](OC(=O)CCC(C)=O)[C@H](OCc2ccc(OC)cc2)[C@H]1O[C@@H]1O[C@@H](C)[C@@H](O)[C@@H](O)[C@@H]1O. The van der Waals surface area contributed by atoms with E-state index in [-0.39, 0.29) is 44.2 Å². The summed E-state index contributed by atoms with van der Waals surface area (Å²) in [6, 6.07) is 6.89. The number of benzene rings is 1. The number of rotatable bonds is 20. The molecule has 4 rings (SSSR count). The summed E-state index contributed by atoms with van der Waals surface area (Å²) in [6.45, 7) is 3.73. The molecule has 3 aliphatic rings. The van der Waals surface area contributed by atoms with E-state index in [0.717, 1.165) is 0 Å². The van der Waals surface area contributed by atoms with Gasteiger partial charge in [-0.05, 0) is 51.3 Å². The van der Waals surface area contributed by atoms with Crippen LogP contribution in [0, 0.1) is 0 Å². The summed E-state index contributed by atoms with van der Waals surface area (Å²) in [6.07, 6.45) is -20.0. The number of unbranched alkanes of at least 4 members (excludes halogenated alkanes) is 2. The van der Waals surface area contributed by atoms with Gasteiger partial charge in [0.2, 0.25) is 0 Å². The van der Waals surface area contributed by atoms with Crippen LogP contribution in [0.4, 0.5) is 0 Å². The van der Waals surface area contributed by atoms with E-state index in [1.807, 2.05) is 0 Å². The number of hydrogen-bond acceptors (Lipinski definition) is 19. The molecule has 19 heteroatoms. The van der Waals surface area contributed by atoms with Gasteiger partial charge < -0.3 is 82.8 Å². The van der Waals surface area contributed by atoms with Gasteiger partial charge in [0.25, 0.3) is 0 Å². The van der Waals surface area contributed by atoms with Crippen molar-refractivity contribution in [2.75, 3.05) is 27.4 Å². The highest BCUT2D eigenvalue weighted by Crippen LogP contribution is 2.34. The van der Waals surface area contributed by atoms with Gasteiger partial charge in [0, 0.05) is 19.4 Å². The Morgan fingerprint density at radius 2 is 1.26 bits per heavy atom. The monoisotopic (exact) mass is 818 g/mol. The molecule has 15 atom stereocenters. The van der Waals surface area contributed by atoms with Crippen molar-refractivity contribution in [3.05, 3.63) is 29.8 Å². The molecule has 3 aliphatic heterocycles. The van der Waals surface area contributed by atoms with Gasteiger partial charge in [-0.2, -0.15) is 0 Å². The lowest BCUT2D eigenvalue weighted by atomic mass is 9.96. The van der Waals surface area contributed by atoms with Crippen LogP contribution in [-0.4, -0.2) is 168 Å². The van der Waals surface area contributed by atoms with Gasteiger partial charge in [-0.3, -0.25) is 9.59 Å². The molecule has 3 fully saturated rings. The molecule has 0 radical (unpaired) electrons. The molecule has 1 aromatic carbocycles. The predicted octanol–water partition coefficient (Wildman–Crippen LogP) is -0.607. The first-order valence-electron chi connectivity index (χ1n) is 19.1. The second-order valence-corrected chi connectivity index (χ2v) is 14.4. The normalized spacial score (nSPS) is 35.7. The molecule has 0 saturated carbocycles. The van der Waals surface area contributed by atoms with Crippen molar-refractivity contribution in [3.63, 3.8) is 0 Å². The Labute approximate surface area is 330 Å². The molecule has 6 N–H and O–H groups in total. The Hall–Kier alpha value is -2.89. The highest BCUT2D eigenvalue weighted by Gasteiger charge is 2.54. The maximum absolute atomic E-state index is 13.3. The Morgan fingerprint density at radius 3 is 1.88 bits per heavy atom. The van der Waals surface area contributed by atoms with E-state index in [4.69, 9.17) is 47.4 Å². The van der Waals surface area contributed by atoms with Crippen LogP contribution in [0.25, 0.3) is 0 Å². The third-order valence-electron chi connectivity index (χ3n) is 10.0. The predicted molar refractivity (Wildman–Crippen MR) is 192 cm³/mol. The van der Waals surface area contributed by atoms with Crippen LogP contribution < -0.4 is 4.74 Å². The Morgan fingerprint density at radius 1 is 0.632 bits per heavy atom. The van der Waals surface area contributed by atoms with Crippen molar-refractivity contribution in [1.29, 1.82) is 0 Å². The van der Waals surface area contributed by atoms with Gasteiger partial charge in [-0.1, -0.05) is 18.6 Å². The third kappa shape index (κ3) is 13.0. The Kier molecular flexibility index (Phi) is 18.4. The first-order chi connectivity index (χ1) is 27.1. The zero-order valence-corrected chi connectivity index (χ0v) is 32.8. The van der Waals surface area contributed by atoms with Gasteiger partial charge in [-0.15, -0.1) is 0 Å². The van der Waals surface area contributed by atoms with Crippen LogP contribution in [0.3, 0.4) is 0 Å². The lowest BCUT2D eigenvalue weighted by Gasteiger charge is -2.48. The minimum Gasteiger partial charge on any atom is -0.497 e. The van der Waals surface area contributed by atoms with E-state index in [2.05, 4.69) is 0 Å². The molecule has 1 aromatic rings. The van der Waals surface area contributed by atoms with Gasteiger partial charge in [0.1, 0.15) is 66.5 Å². The maximum Gasteiger partial charge on any atom is 0.306 e. The Bertz CT molecular complexity index is 1400. The van der Waals surface area contributed by atoms with Crippen LogP contribution in [0.15, 0.2) is 24.3 Å². The molecule has 0 bridgehead atoms. The number of aliphatic hydroxyl groups is 6. The fraction of sp³-hybridized carbons (Fsp3) is 0.763. The van der Waals surface area contributed by atoms with Crippen LogP contribution in [-0.2, 0) is 63.6 Å². The van der Waals surface area contributed by atoms with Crippen LogP contribution in [0.1, 0.15) is 64.9 Å². The first-order valence-corrected chi connectivity index (χ1v) is 19.1. The zero-order valence-electron chi connectivity index (χ0n) is 32.8. The standard InChI is InChI=1S/C38H58O19/c1-19(39)10-15-26(41)56-33-24(18-52-36-31(46)29(44)27(42)20(2)53-36)55-38(50-16-8-6-7-9-25(40)49-5)35(57-37-32(47)30(45)28(43)21(3)54-37)34(33)51-17-22-11-13-23(48-4)14-12-22/h11-14,20-21,24,27-38,42-47H,6-10,15-18H2,1-5H3/t20-,21-,24+,27+,28+,29+,30+,31-,32-,33-,34-,35+,36-,37-,38+/m0/s1. The van der Waals surface area contributed by atoms with E-state index >= 15 is 0 Å². The minimum atomic E-state index is -1.76. The number of ketones is 1. The zero-order chi connectivity index (χ0) is 41.8. The minimum absolute atomic E-state index is 0.0470. The highest BCUT2D eigenvalue weighted by molar-refractivity contribution is 5.81. The van der Waals surface area contributed by atoms with Crippen molar-refractivity contribution >= 4 is 17.7 Å². The molecule has 324 valence electrons. The molecular formula is C38H58O19. The summed E-state index contributed by atoms with van der Waals surface area (Å²) in [7, 11) is 2.81. The van der Waals surface area contributed by atoms with E-state index in [9.17, 15) is 45.0 Å². The molecule has 3 saturated heterocycles. The number of esters is 2. The summed E-state index contributed by atoms with van der Waals surface area (Å²) in [5.41, 5.74) is 0.653. The van der Waals surface area contributed by atoms with Crippen LogP contribution in [0.5, 0.6) is 5.75 Å². The maximum atomic E-state index is 13.3. The Balaban J connectivity index is 1.70. The molecular weight excluding hydrogens is 760 g/mol. The number of carbonyl (C=O) groups is 3. The average molecular weight is 819 g/mol. The molecule has 0 unspecified atom stereocenters. The number of carbonyl (C=O) groups excluding carboxylic acids is 3. The van der Waals surface area contributed by atoms with E-state index in [0.29, 0.717) is 30.6 Å². The smallest absolute Gasteiger partial charge is 0.306 e. The topological polar surface area (TPSA) is 265 Å². The van der Waals surface area contributed by atoms with E-state index in [1.54, 1.807) is 24.3 Å². The lowest BCUT2D eigenvalue weighted by molar-refractivity contribution is -0.374. The van der Waals surface area contributed by atoms with E-state index < -0.39 is 105 Å². The average Bonchev–Trinajstić information content (AvgIpc) is 3.20. The lowest BCUT2D eigenvalue weighted by Crippen LogP contribution is -2.65. The highest BCUT2D eigenvalue weighted by atomic mass is 16.8. The molecule has 0 amide bonds. The number of aliphatic hydroxyl groups excluding tert-OH is 6. The quantitative estimate of drug-likeness (QED) is 0.0708. The van der Waals surface area contributed by atoms with Gasteiger partial charge in [-0.25, -0.2) is 0 Å². The fourth-order valence-electron chi connectivity index (χ4n) is 6.50. The number of Topliss-reactive ketones (excluding diaryl/α,β-unsaturated/α-hetero) is 1. The van der Waals surface area contributed by atoms with Crippen LogP contribution in [0.2, 0.25) is 0 Å². The van der Waals surface area contributed by atoms with Gasteiger partial charge in [0.15, 0.2) is 25.0 Å². The van der Waals surface area contributed by atoms with E-state index in [1.165, 1.54) is 35.0 Å². The second-order valence-electron chi connectivity index (χ2n) is 14.4. The second kappa shape index (κ2) is 22.5. The van der Waals surface area contributed by atoms with Crippen LogP contribution >= 0.6 is 0 Å². The molecule has 19 nitrogen and oxygen atoms in total. The number of ether oxygens (including phenoxy) is 10. The summed E-state index contributed by atoms with van der Waals surface area (Å²) in [5, 5.41) is 63.3. The van der Waals surface area contributed by atoms with Gasteiger partial charge in [0.05, 0.1) is 46.1 Å². The van der Waals surface area contributed by atoms with Gasteiger partial charge >= 0.3 is 11.9 Å². The molecule has 0 aliphatic carbocycles. The summed E-state index contributed by atoms with van der Waals surface area (Å²) in [4.78, 5) is 36.8.